The van der Waals surface area contributed by atoms with Crippen LogP contribution in [0.3, 0.4) is 0 Å². The molecule has 0 bridgehead atoms. The molecule has 2 aromatic rings. The van der Waals surface area contributed by atoms with Gasteiger partial charge in [-0.3, -0.25) is 0 Å². The summed E-state index contributed by atoms with van der Waals surface area (Å²) < 4.78 is 27.4. The van der Waals surface area contributed by atoms with Crippen molar-refractivity contribution in [1.82, 2.24) is 4.31 Å². The van der Waals surface area contributed by atoms with Crippen LogP contribution in [0.15, 0.2) is 53.4 Å². The average Bonchev–Trinajstić information content (AvgIpc) is 2.60. The van der Waals surface area contributed by atoms with Gasteiger partial charge in [-0.25, -0.2) is 8.42 Å². The first kappa shape index (κ1) is 16.0. The van der Waals surface area contributed by atoms with Crippen LogP contribution in [0, 0.1) is 0 Å². The summed E-state index contributed by atoms with van der Waals surface area (Å²) in [5.41, 5.74) is 3.15. The van der Waals surface area contributed by atoms with Gasteiger partial charge in [-0.05, 0) is 42.2 Å². The Bertz CT molecular complexity index is 773. The topological polar surface area (TPSA) is 49.4 Å². The van der Waals surface area contributed by atoms with E-state index in [-0.39, 0.29) is 0 Å². The molecule has 1 aliphatic heterocycles. The Kier molecular flexibility index (Phi) is 4.68. The van der Waals surface area contributed by atoms with Crippen LogP contribution in [0.2, 0.25) is 0 Å². The fourth-order valence-electron chi connectivity index (χ4n) is 2.91. The standard InChI is InChI=1S/C18H22N2O2S/c1-2-20(14-15-7-4-3-5-8-15)23(21,22)17-10-11-18-16(13-17)9-6-12-19-18/h3-5,7-8,10-11,13,19H,2,6,9,12,14H2,1H3. The van der Waals surface area contributed by atoms with E-state index in [2.05, 4.69) is 5.32 Å². The van der Waals surface area contributed by atoms with Crippen LogP contribution >= 0.6 is 0 Å². The molecule has 1 aliphatic rings. The zero-order chi connectivity index (χ0) is 16.3. The Labute approximate surface area is 138 Å². The van der Waals surface area contributed by atoms with Crippen molar-refractivity contribution in [1.29, 1.82) is 0 Å². The summed E-state index contributed by atoms with van der Waals surface area (Å²) in [6.07, 6.45) is 1.97. The van der Waals surface area contributed by atoms with Gasteiger partial charge in [0.1, 0.15) is 0 Å². The second-order valence-corrected chi connectivity index (χ2v) is 7.70. The summed E-state index contributed by atoms with van der Waals surface area (Å²) in [4.78, 5) is 0.387. The van der Waals surface area contributed by atoms with Gasteiger partial charge in [0.15, 0.2) is 0 Å². The van der Waals surface area contributed by atoms with Crippen molar-refractivity contribution in [3.63, 3.8) is 0 Å². The van der Waals surface area contributed by atoms with E-state index >= 15 is 0 Å². The molecule has 2 aromatic carbocycles. The fourth-order valence-corrected chi connectivity index (χ4v) is 4.40. The van der Waals surface area contributed by atoms with Crippen molar-refractivity contribution in [2.75, 3.05) is 18.4 Å². The van der Waals surface area contributed by atoms with Crippen LogP contribution in [0.1, 0.15) is 24.5 Å². The van der Waals surface area contributed by atoms with Gasteiger partial charge >= 0.3 is 0 Å². The smallest absolute Gasteiger partial charge is 0.243 e. The van der Waals surface area contributed by atoms with Crippen LogP contribution in [0.4, 0.5) is 5.69 Å². The lowest BCUT2D eigenvalue weighted by atomic mass is 10.0. The van der Waals surface area contributed by atoms with Gasteiger partial charge in [0, 0.05) is 25.3 Å². The minimum absolute atomic E-state index is 0.387. The molecule has 0 saturated heterocycles. The van der Waals surface area contributed by atoms with E-state index in [4.69, 9.17) is 0 Å². The van der Waals surface area contributed by atoms with Crippen molar-refractivity contribution in [3.8, 4) is 0 Å². The summed E-state index contributed by atoms with van der Waals surface area (Å²) in [6.45, 7) is 3.68. The van der Waals surface area contributed by atoms with Crippen LogP contribution in [-0.2, 0) is 23.0 Å². The molecule has 0 unspecified atom stereocenters. The van der Waals surface area contributed by atoms with Gasteiger partial charge in [0.2, 0.25) is 10.0 Å². The first-order valence-corrected chi connectivity index (χ1v) is 9.46. The molecule has 3 rings (SSSR count). The maximum atomic E-state index is 13.0. The monoisotopic (exact) mass is 330 g/mol. The predicted octanol–water partition coefficient (Wildman–Crippen LogP) is 3.26. The van der Waals surface area contributed by atoms with E-state index in [1.165, 1.54) is 4.31 Å². The van der Waals surface area contributed by atoms with Gasteiger partial charge in [-0.15, -0.1) is 0 Å². The third-order valence-electron chi connectivity index (χ3n) is 4.21. The zero-order valence-corrected chi connectivity index (χ0v) is 14.1. The van der Waals surface area contributed by atoms with Crippen molar-refractivity contribution in [2.24, 2.45) is 0 Å². The quantitative estimate of drug-likeness (QED) is 0.915. The second-order valence-electron chi connectivity index (χ2n) is 5.77. The minimum Gasteiger partial charge on any atom is -0.385 e. The molecular weight excluding hydrogens is 308 g/mol. The molecule has 1 heterocycles. The third kappa shape index (κ3) is 3.41. The molecule has 0 atom stereocenters. The Balaban J connectivity index is 1.89. The number of aryl methyl sites for hydroxylation is 1. The number of fused-ring (bicyclic) bond motifs is 1. The molecule has 0 amide bonds. The van der Waals surface area contributed by atoms with Crippen molar-refractivity contribution >= 4 is 15.7 Å². The lowest BCUT2D eigenvalue weighted by molar-refractivity contribution is 0.423. The van der Waals surface area contributed by atoms with Crippen LogP contribution in [0.25, 0.3) is 0 Å². The SMILES string of the molecule is CCN(Cc1ccccc1)S(=O)(=O)c1ccc2c(c1)CCCN2. The Morgan fingerprint density at radius 3 is 2.65 bits per heavy atom. The van der Waals surface area contributed by atoms with Gasteiger partial charge in [0.05, 0.1) is 4.90 Å². The maximum Gasteiger partial charge on any atom is 0.243 e. The first-order chi connectivity index (χ1) is 11.1. The number of benzene rings is 2. The molecule has 0 spiro atoms. The summed E-state index contributed by atoms with van der Waals surface area (Å²) in [5.74, 6) is 0. The van der Waals surface area contributed by atoms with Gasteiger partial charge in [-0.2, -0.15) is 4.31 Å². The molecule has 4 nitrogen and oxygen atoms in total. The number of hydrogen-bond acceptors (Lipinski definition) is 3. The fraction of sp³-hybridized carbons (Fsp3) is 0.333. The number of hydrogen-bond donors (Lipinski definition) is 1. The first-order valence-electron chi connectivity index (χ1n) is 8.02. The van der Waals surface area contributed by atoms with Crippen molar-refractivity contribution < 1.29 is 8.42 Å². The largest absolute Gasteiger partial charge is 0.385 e. The lowest BCUT2D eigenvalue weighted by Crippen LogP contribution is -2.30. The molecular formula is C18H22N2O2S. The second kappa shape index (κ2) is 6.72. The highest BCUT2D eigenvalue weighted by atomic mass is 32.2. The summed E-state index contributed by atoms with van der Waals surface area (Å²) in [6, 6.07) is 15.1. The van der Waals surface area contributed by atoms with Gasteiger partial charge < -0.3 is 5.32 Å². The highest BCUT2D eigenvalue weighted by Crippen LogP contribution is 2.27. The van der Waals surface area contributed by atoms with Crippen LogP contribution in [0.5, 0.6) is 0 Å². The van der Waals surface area contributed by atoms with Crippen molar-refractivity contribution in [3.05, 3.63) is 59.7 Å². The molecule has 0 aromatic heterocycles. The van der Waals surface area contributed by atoms with E-state index in [0.29, 0.717) is 18.0 Å². The van der Waals surface area contributed by atoms with E-state index in [1.807, 2.05) is 49.4 Å². The Morgan fingerprint density at radius 2 is 1.91 bits per heavy atom. The number of anilines is 1. The number of rotatable bonds is 5. The lowest BCUT2D eigenvalue weighted by Gasteiger charge is -2.23. The molecule has 0 fully saturated rings. The van der Waals surface area contributed by atoms with E-state index in [1.54, 1.807) is 6.07 Å². The highest BCUT2D eigenvalue weighted by Gasteiger charge is 2.24. The number of sulfonamides is 1. The third-order valence-corrected chi connectivity index (χ3v) is 6.12. The highest BCUT2D eigenvalue weighted by molar-refractivity contribution is 7.89. The van der Waals surface area contributed by atoms with Crippen LogP contribution in [-0.4, -0.2) is 25.8 Å². The molecule has 23 heavy (non-hydrogen) atoms. The molecule has 0 saturated carbocycles. The summed E-state index contributed by atoms with van der Waals surface area (Å²) >= 11 is 0. The van der Waals surface area contributed by atoms with Gasteiger partial charge in [0.25, 0.3) is 0 Å². The molecule has 122 valence electrons. The minimum atomic E-state index is -3.48. The van der Waals surface area contributed by atoms with E-state index in [9.17, 15) is 8.42 Å². The number of nitrogens with one attached hydrogen (secondary N) is 1. The average molecular weight is 330 g/mol. The van der Waals surface area contributed by atoms with E-state index < -0.39 is 10.0 Å². The molecule has 5 heteroatoms. The number of nitrogens with zero attached hydrogens (tertiary/aromatic N) is 1. The van der Waals surface area contributed by atoms with Crippen LogP contribution < -0.4 is 5.32 Å². The maximum absolute atomic E-state index is 13.0. The predicted molar refractivity (Wildman–Crippen MR) is 93.0 cm³/mol. The Hall–Kier alpha value is -1.85. The summed E-state index contributed by atoms with van der Waals surface area (Å²) in [5, 5.41) is 3.32. The summed E-state index contributed by atoms with van der Waals surface area (Å²) in [7, 11) is -3.48. The van der Waals surface area contributed by atoms with Crippen molar-refractivity contribution in [2.45, 2.75) is 31.2 Å². The normalized spacial score (nSPS) is 14.3. The Morgan fingerprint density at radius 1 is 1.13 bits per heavy atom. The molecule has 0 radical (unpaired) electrons. The van der Waals surface area contributed by atoms with Gasteiger partial charge in [-0.1, -0.05) is 37.3 Å². The van der Waals surface area contributed by atoms with E-state index in [0.717, 1.165) is 36.2 Å². The molecule has 1 N–H and O–H groups in total. The zero-order valence-electron chi connectivity index (χ0n) is 13.3. The molecule has 0 aliphatic carbocycles.